The molecule has 3 aromatic rings. The first-order valence-corrected chi connectivity index (χ1v) is 12.5. The highest BCUT2D eigenvalue weighted by Gasteiger charge is 2.46. The van der Waals surface area contributed by atoms with Crippen molar-refractivity contribution in [2.45, 2.75) is 47.2 Å². The first-order valence-electron chi connectivity index (χ1n) is 12.5. The van der Waals surface area contributed by atoms with Gasteiger partial charge in [0, 0.05) is 12.1 Å². The number of benzene rings is 3. The van der Waals surface area contributed by atoms with Gasteiger partial charge in [0.15, 0.2) is 11.5 Å². The third-order valence-corrected chi connectivity index (χ3v) is 6.98. The summed E-state index contributed by atoms with van der Waals surface area (Å²) >= 11 is 0. The van der Waals surface area contributed by atoms with Gasteiger partial charge in [0.2, 0.25) is 0 Å². The number of nitrogens with zero attached hydrogens (tertiary/aromatic N) is 1. The maximum Gasteiger partial charge on any atom is 0.295 e. The first kappa shape index (κ1) is 26.8. The van der Waals surface area contributed by atoms with E-state index in [0.717, 1.165) is 22.3 Å². The average Bonchev–Trinajstić information content (AvgIpc) is 3.13. The highest BCUT2D eigenvalue weighted by Crippen LogP contribution is 2.43. The molecule has 1 aliphatic rings. The lowest BCUT2D eigenvalue weighted by atomic mass is 9.92. The number of rotatable bonds is 7. The number of Topliss-reactive ketones (excluding diaryl/α,β-unsaturated/α-hetero) is 1. The van der Waals surface area contributed by atoms with Crippen LogP contribution in [0.4, 0.5) is 0 Å². The van der Waals surface area contributed by atoms with Gasteiger partial charge in [-0.2, -0.15) is 0 Å². The summed E-state index contributed by atoms with van der Waals surface area (Å²) < 4.78 is 11.0. The molecule has 1 heterocycles. The van der Waals surface area contributed by atoms with Gasteiger partial charge in [0.25, 0.3) is 11.7 Å². The van der Waals surface area contributed by atoms with E-state index < -0.39 is 17.7 Å². The van der Waals surface area contributed by atoms with Gasteiger partial charge in [0.1, 0.15) is 11.5 Å². The van der Waals surface area contributed by atoms with Gasteiger partial charge in [0.05, 0.1) is 25.3 Å². The molecule has 2 N–H and O–H groups in total. The van der Waals surface area contributed by atoms with Crippen LogP contribution in [-0.4, -0.2) is 40.5 Å². The number of amides is 1. The maximum absolute atomic E-state index is 13.5. The average molecular weight is 516 g/mol. The fraction of sp³-hybridized carbons (Fsp3) is 0.290. The highest BCUT2D eigenvalue weighted by atomic mass is 16.5. The Morgan fingerprint density at radius 2 is 1.66 bits per heavy atom. The van der Waals surface area contributed by atoms with Gasteiger partial charge in [-0.1, -0.05) is 29.8 Å². The number of ketones is 1. The molecule has 38 heavy (non-hydrogen) atoms. The van der Waals surface area contributed by atoms with Crippen LogP contribution in [0.5, 0.6) is 17.2 Å². The number of aliphatic hydroxyl groups excluding tert-OH is 1. The van der Waals surface area contributed by atoms with Crippen LogP contribution in [0.2, 0.25) is 0 Å². The van der Waals surface area contributed by atoms with Crippen LogP contribution in [-0.2, 0) is 16.1 Å². The van der Waals surface area contributed by atoms with Gasteiger partial charge < -0.3 is 24.6 Å². The molecule has 0 radical (unpaired) electrons. The number of carbonyl (C=O) groups excluding carboxylic acids is 2. The van der Waals surface area contributed by atoms with Crippen LogP contribution in [0.25, 0.3) is 5.76 Å². The highest BCUT2D eigenvalue weighted by molar-refractivity contribution is 6.46. The Morgan fingerprint density at radius 3 is 2.34 bits per heavy atom. The molecule has 0 saturated carbocycles. The van der Waals surface area contributed by atoms with E-state index in [9.17, 15) is 19.8 Å². The Labute approximate surface area is 222 Å². The fourth-order valence-corrected chi connectivity index (χ4v) is 4.93. The summed E-state index contributed by atoms with van der Waals surface area (Å²) in [6.07, 6.45) is 0. The number of phenols is 1. The SMILES string of the molecule is CCOc1cc(C2/C(=C(\O)c3cc(C)c(OC)cc3C)C(=O)C(=O)N2Cc2cc(C)ccc2C)ccc1O. The minimum atomic E-state index is -0.892. The Bertz CT molecular complexity index is 1450. The predicted molar refractivity (Wildman–Crippen MR) is 146 cm³/mol. The predicted octanol–water partition coefficient (Wildman–Crippen LogP) is 5.66. The molecule has 0 spiro atoms. The van der Waals surface area contributed by atoms with Crippen molar-refractivity contribution in [2.75, 3.05) is 13.7 Å². The van der Waals surface area contributed by atoms with Crippen molar-refractivity contribution in [1.82, 2.24) is 4.90 Å². The smallest absolute Gasteiger partial charge is 0.295 e. The minimum absolute atomic E-state index is 0.0129. The van der Waals surface area contributed by atoms with E-state index in [1.807, 2.05) is 45.9 Å². The zero-order chi connectivity index (χ0) is 27.7. The van der Waals surface area contributed by atoms with Crippen LogP contribution in [0.3, 0.4) is 0 Å². The van der Waals surface area contributed by atoms with Gasteiger partial charge in [-0.25, -0.2) is 0 Å². The summed E-state index contributed by atoms with van der Waals surface area (Å²) in [5.74, 6) is -0.887. The number of likely N-dealkylation sites (tertiary alicyclic amines) is 1. The molecule has 1 saturated heterocycles. The Kier molecular flexibility index (Phi) is 7.49. The topological polar surface area (TPSA) is 96.3 Å². The number of aryl methyl sites for hydroxylation is 4. The molecule has 1 unspecified atom stereocenters. The zero-order valence-electron chi connectivity index (χ0n) is 22.6. The second-order valence-electron chi connectivity index (χ2n) is 9.65. The summed E-state index contributed by atoms with van der Waals surface area (Å²) in [5, 5.41) is 21.9. The van der Waals surface area contributed by atoms with Crippen LogP contribution >= 0.6 is 0 Å². The van der Waals surface area contributed by atoms with Crippen molar-refractivity contribution in [3.63, 3.8) is 0 Å². The lowest BCUT2D eigenvalue weighted by molar-refractivity contribution is -0.140. The first-order chi connectivity index (χ1) is 18.1. The third-order valence-electron chi connectivity index (χ3n) is 6.98. The van der Waals surface area contributed by atoms with E-state index >= 15 is 0 Å². The Hall–Kier alpha value is -4.26. The van der Waals surface area contributed by atoms with Gasteiger partial charge >= 0.3 is 0 Å². The summed E-state index contributed by atoms with van der Waals surface area (Å²) in [6.45, 7) is 9.88. The molecule has 4 rings (SSSR count). The van der Waals surface area contributed by atoms with E-state index in [1.54, 1.807) is 38.3 Å². The molecule has 1 aliphatic heterocycles. The number of phenolic OH excluding ortho intramolecular Hbond substituents is 1. The number of ether oxygens (including phenoxy) is 2. The number of aliphatic hydroxyl groups is 1. The number of hydrogen-bond acceptors (Lipinski definition) is 6. The number of carbonyl (C=O) groups is 2. The molecular weight excluding hydrogens is 482 g/mol. The fourth-order valence-electron chi connectivity index (χ4n) is 4.93. The van der Waals surface area contributed by atoms with Crippen molar-refractivity contribution in [1.29, 1.82) is 0 Å². The standard InChI is InChI=1S/C31H33NO6/c1-7-38-26-15-21(10-11-24(26)33)28-27(29(34)23-13-20(5)25(37-6)14-19(23)4)30(35)31(36)32(28)16-22-12-17(2)8-9-18(22)3/h8-15,28,33-34H,7,16H2,1-6H3/b29-27+. The molecule has 3 aromatic carbocycles. The lowest BCUT2D eigenvalue weighted by Gasteiger charge is -2.27. The zero-order valence-corrected chi connectivity index (χ0v) is 22.6. The van der Waals surface area contributed by atoms with Gasteiger partial charge in [-0.3, -0.25) is 9.59 Å². The van der Waals surface area contributed by atoms with Crippen molar-refractivity contribution in [3.8, 4) is 17.2 Å². The summed E-state index contributed by atoms with van der Waals surface area (Å²) in [7, 11) is 1.57. The molecule has 1 atom stereocenters. The maximum atomic E-state index is 13.5. The molecule has 198 valence electrons. The second-order valence-corrected chi connectivity index (χ2v) is 9.65. The molecule has 1 amide bonds. The van der Waals surface area contributed by atoms with Crippen LogP contribution < -0.4 is 9.47 Å². The molecule has 0 aliphatic carbocycles. The summed E-state index contributed by atoms with van der Waals surface area (Å²) in [6, 6.07) is 13.3. The molecule has 0 bridgehead atoms. The minimum Gasteiger partial charge on any atom is -0.507 e. The quantitative estimate of drug-likeness (QED) is 0.240. The van der Waals surface area contributed by atoms with Crippen LogP contribution in [0.15, 0.2) is 54.1 Å². The van der Waals surface area contributed by atoms with Crippen molar-refractivity contribution in [2.24, 2.45) is 0 Å². The number of methoxy groups -OCH3 is 1. The van der Waals surface area contributed by atoms with Crippen LogP contribution in [0, 0.1) is 27.7 Å². The lowest BCUT2D eigenvalue weighted by Crippen LogP contribution is -2.29. The van der Waals surface area contributed by atoms with E-state index in [4.69, 9.17) is 9.47 Å². The Balaban J connectivity index is 1.94. The van der Waals surface area contributed by atoms with Crippen molar-refractivity contribution < 1.29 is 29.3 Å². The van der Waals surface area contributed by atoms with Crippen molar-refractivity contribution in [3.05, 3.63) is 93.0 Å². The van der Waals surface area contributed by atoms with E-state index in [2.05, 4.69) is 0 Å². The molecule has 0 aromatic heterocycles. The third kappa shape index (κ3) is 4.84. The Morgan fingerprint density at radius 1 is 0.921 bits per heavy atom. The van der Waals surface area contributed by atoms with E-state index in [0.29, 0.717) is 29.0 Å². The van der Waals surface area contributed by atoms with Gasteiger partial charge in [-0.15, -0.1) is 0 Å². The molecule has 7 nitrogen and oxygen atoms in total. The molecule has 7 heteroatoms. The summed E-state index contributed by atoms with van der Waals surface area (Å²) in [4.78, 5) is 28.5. The van der Waals surface area contributed by atoms with Gasteiger partial charge in [-0.05, 0) is 86.7 Å². The largest absolute Gasteiger partial charge is 0.507 e. The summed E-state index contributed by atoms with van der Waals surface area (Å²) in [5.41, 5.74) is 5.37. The van der Waals surface area contributed by atoms with E-state index in [1.165, 1.54) is 11.0 Å². The second kappa shape index (κ2) is 10.6. The molecular formula is C31H33NO6. The van der Waals surface area contributed by atoms with Crippen molar-refractivity contribution >= 4 is 17.4 Å². The number of hydrogen-bond donors (Lipinski definition) is 2. The number of aromatic hydroxyl groups is 1. The monoisotopic (exact) mass is 515 g/mol. The van der Waals surface area contributed by atoms with E-state index in [-0.39, 0.29) is 29.4 Å². The molecule has 1 fully saturated rings. The van der Waals surface area contributed by atoms with Crippen LogP contribution in [0.1, 0.15) is 51.9 Å². The normalized spacial score (nSPS) is 16.7.